The zero-order valence-corrected chi connectivity index (χ0v) is 10.4. The highest BCUT2D eigenvalue weighted by atomic mass is 35.5. The third-order valence-corrected chi connectivity index (χ3v) is 2.75. The lowest BCUT2D eigenvalue weighted by Gasteiger charge is -2.08. The predicted octanol–water partition coefficient (Wildman–Crippen LogP) is 3.36. The first-order chi connectivity index (χ1) is 8.74. The molecule has 0 aliphatic carbocycles. The zero-order chi connectivity index (χ0) is 13.0. The summed E-state index contributed by atoms with van der Waals surface area (Å²) in [6, 6.07) is 10.9. The van der Waals surface area contributed by atoms with E-state index in [-0.39, 0.29) is 0 Å². The maximum absolute atomic E-state index is 8.87. The summed E-state index contributed by atoms with van der Waals surface area (Å²) >= 11 is 6.05. The van der Waals surface area contributed by atoms with E-state index in [0.717, 1.165) is 11.4 Å². The Morgan fingerprint density at radius 1 is 1.28 bits per heavy atom. The first-order valence-corrected chi connectivity index (χ1v) is 5.58. The molecule has 1 heterocycles. The molecule has 2 aromatic rings. The lowest BCUT2D eigenvalue weighted by Crippen LogP contribution is -1.95. The van der Waals surface area contributed by atoms with Gasteiger partial charge in [-0.2, -0.15) is 5.26 Å². The van der Waals surface area contributed by atoms with Crippen LogP contribution in [0.4, 0.5) is 11.5 Å². The Kier molecular flexibility index (Phi) is 3.66. The minimum Gasteiger partial charge on any atom is -0.497 e. The molecule has 0 saturated heterocycles. The number of nitrogens with one attached hydrogen (secondary N) is 1. The molecule has 1 aromatic heterocycles. The van der Waals surface area contributed by atoms with Gasteiger partial charge in [-0.05, 0) is 30.3 Å². The monoisotopic (exact) mass is 259 g/mol. The second-order valence-corrected chi connectivity index (χ2v) is 3.86. The van der Waals surface area contributed by atoms with Crippen LogP contribution in [0.3, 0.4) is 0 Å². The van der Waals surface area contributed by atoms with Gasteiger partial charge >= 0.3 is 0 Å². The van der Waals surface area contributed by atoms with E-state index in [9.17, 15) is 0 Å². The van der Waals surface area contributed by atoms with Crippen LogP contribution in [0.15, 0.2) is 36.5 Å². The van der Waals surface area contributed by atoms with Crippen LogP contribution in [0.2, 0.25) is 5.02 Å². The number of aromatic nitrogens is 1. The molecule has 0 fully saturated rings. The summed E-state index contributed by atoms with van der Waals surface area (Å²) in [6.45, 7) is 0. The van der Waals surface area contributed by atoms with Gasteiger partial charge in [0, 0.05) is 11.9 Å². The molecule has 0 aliphatic rings. The highest BCUT2D eigenvalue weighted by molar-refractivity contribution is 6.34. The van der Waals surface area contributed by atoms with E-state index < -0.39 is 0 Å². The number of pyridine rings is 1. The highest BCUT2D eigenvalue weighted by Gasteiger charge is 2.07. The third kappa shape index (κ3) is 2.53. The minimum absolute atomic E-state index is 0.316. The maximum atomic E-state index is 8.87. The first kappa shape index (κ1) is 12.2. The molecule has 0 aliphatic heterocycles. The van der Waals surface area contributed by atoms with Gasteiger partial charge in [0.1, 0.15) is 16.8 Å². The Morgan fingerprint density at radius 2 is 2.00 bits per heavy atom. The van der Waals surface area contributed by atoms with Crippen LogP contribution >= 0.6 is 11.6 Å². The lowest BCUT2D eigenvalue weighted by atomic mass is 10.2. The fourth-order valence-electron chi connectivity index (χ4n) is 1.43. The number of methoxy groups -OCH3 is 1. The van der Waals surface area contributed by atoms with Crippen LogP contribution in [0.5, 0.6) is 5.75 Å². The number of nitriles is 1. The van der Waals surface area contributed by atoms with Crippen LogP contribution in [0.1, 0.15) is 5.56 Å². The normalized spacial score (nSPS) is 9.61. The number of ether oxygens (including phenoxy) is 1. The number of benzene rings is 1. The van der Waals surface area contributed by atoms with Crippen molar-refractivity contribution in [2.75, 3.05) is 12.4 Å². The van der Waals surface area contributed by atoms with E-state index in [1.165, 1.54) is 6.20 Å². The van der Waals surface area contributed by atoms with Gasteiger partial charge in [-0.15, -0.1) is 0 Å². The molecular weight excluding hydrogens is 250 g/mol. The second-order valence-electron chi connectivity index (χ2n) is 3.49. The summed E-state index contributed by atoms with van der Waals surface area (Å²) in [4.78, 5) is 4.10. The SMILES string of the molecule is COc1ccc(Nc2nccc(C#N)c2Cl)cc1. The van der Waals surface area contributed by atoms with Gasteiger partial charge in [0.2, 0.25) is 0 Å². The third-order valence-electron chi connectivity index (χ3n) is 2.36. The Hall–Kier alpha value is -2.25. The Labute approximate surface area is 110 Å². The number of hydrogen-bond donors (Lipinski definition) is 1. The number of anilines is 2. The van der Waals surface area contributed by atoms with Crippen molar-refractivity contribution in [2.45, 2.75) is 0 Å². The van der Waals surface area contributed by atoms with E-state index >= 15 is 0 Å². The van der Waals surface area contributed by atoms with Gasteiger partial charge in [-0.25, -0.2) is 4.98 Å². The number of nitrogens with zero attached hydrogens (tertiary/aromatic N) is 2. The molecule has 0 bridgehead atoms. The van der Waals surface area contributed by atoms with Gasteiger partial charge in [-0.3, -0.25) is 0 Å². The lowest BCUT2D eigenvalue weighted by molar-refractivity contribution is 0.415. The first-order valence-electron chi connectivity index (χ1n) is 5.20. The molecule has 90 valence electrons. The molecule has 2 rings (SSSR count). The van der Waals surface area contributed by atoms with Crippen LogP contribution in [-0.4, -0.2) is 12.1 Å². The van der Waals surface area contributed by atoms with Crippen LogP contribution in [-0.2, 0) is 0 Å². The van der Waals surface area contributed by atoms with E-state index in [1.54, 1.807) is 13.2 Å². The fourth-order valence-corrected chi connectivity index (χ4v) is 1.63. The maximum Gasteiger partial charge on any atom is 0.150 e. The Balaban J connectivity index is 2.26. The van der Waals surface area contributed by atoms with E-state index in [1.807, 2.05) is 30.3 Å². The number of hydrogen-bond acceptors (Lipinski definition) is 4. The molecule has 5 heteroatoms. The minimum atomic E-state index is 0.316. The molecule has 18 heavy (non-hydrogen) atoms. The summed E-state index contributed by atoms with van der Waals surface area (Å²) in [5, 5.41) is 12.2. The van der Waals surface area contributed by atoms with Gasteiger partial charge in [0.15, 0.2) is 5.82 Å². The zero-order valence-electron chi connectivity index (χ0n) is 9.64. The summed E-state index contributed by atoms with van der Waals surface area (Å²) in [7, 11) is 1.61. The standard InChI is InChI=1S/C13H10ClN3O/c1-18-11-4-2-10(3-5-11)17-13-12(14)9(8-15)6-7-16-13/h2-7H,1H3,(H,16,17). The number of halogens is 1. The Morgan fingerprint density at radius 3 is 2.61 bits per heavy atom. The summed E-state index contributed by atoms with van der Waals surface area (Å²) in [5.74, 6) is 1.23. The summed E-state index contributed by atoms with van der Waals surface area (Å²) < 4.78 is 5.07. The molecule has 1 aromatic carbocycles. The summed E-state index contributed by atoms with van der Waals surface area (Å²) in [6.07, 6.45) is 1.54. The van der Waals surface area contributed by atoms with Gasteiger partial charge in [0.25, 0.3) is 0 Å². The topological polar surface area (TPSA) is 57.9 Å². The van der Waals surface area contributed by atoms with Crippen molar-refractivity contribution >= 4 is 23.1 Å². The van der Waals surface area contributed by atoms with Crippen molar-refractivity contribution in [2.24, 2.45) is 0 Å². The second kappa shape index (κ2) is 5.39. The molecule has 4 nitrogen and oxygen atoms in total. The van der Waals surface area contributed by atoms with Gasteiger partial charge in [0.05, 0.1) is 12.7 Å². The van der Waals surface area contributed by atoms with Crippen molar-refractivity contribution in [3.63, 3.8) is 0 Å². The molecular formula is C13H10ClN3O. The van der Waals surface area contributed by atoms with E-state index in [2.05, 4.69) is 10.3 Å². The molecule has 0 atom stereocenters. The van der Waals surface area contributed by atoms with Crippen molar-refractivity contribution in [3.05, 3.63) is 47.1 Å². The fraction of sp³-hybridized carbons (Fsp3) is 0.0769. The molecule has 0 saturated carbocycles. The van der Waals surface area contributed by atoms with Crippen molar-refractivity contribution in [1.29, 1.82) is 5.26 Å². The molecule has 0 unspecified atom stereocenters. The average Bonchev–Trinajstić information content (AvgIpc) is 2.42. The van der Waals surface area contributed by atoms with Crippen molar-refractivity contribution in [1.82, 2.24) is 4.98 Å². The van der Waals surface area contributed by atoms with E-state index in [0.29, 0.717) is 16.4 Å². The van der Waals surface area contributed by atoms with Crippen LogP contribution in [0.25, 0.3) is 0 Å². The summed E-state index contributed by atoms with van der Waals surface area (Å²) in [5.41, 5.74) is 1.21. The van der Waals surface area contributed by atoms with Crippen molar-refractivity contribution in [3.8, 4) is 11.8 Å². The molecule has 1 N–H and O–H groups in total. The molecule has 0 amide bonds. The molecule has 0 spiro atoms. The predicted molar refractivity (Wildman–Crippen MR) is 70.2 cm³/mol. The largest absolute Gasteiger partial charge is 0.497 e. The smallest absolute Gasteiger partial charge is 0.150 e. The van der Waals surface area contributed by atoms with Gasteiger partial charge < -0.3 is 10.1 Å². The van der Waals surface area contributed by atoms with Crippen LogP contribution in [0, 0.1) is 11.3 Å². The van der Waals surface area contributed by atoms with E-state index in [4.69, 9.17) is 21.6 Å². The van der Waals surface area contributed by atoms with Crippen LogP contribution < -0.4 is 10.1 Å². The number of rotatable bonds is 3. The average molecular weight is 260 g/mol. The van der Waals surface area contributed by atoms with Gasteiger partial charge in [-0.1, -0.05) is 11.6 Å². The van der Waals surface area contributed by atoms with Crippen molar-refractivity contribution < 1.29 is 4.74 Å². The Bertz CT molecular complexity index is 590. The quantitative estimate of drug-likeness (QED) is 0.918. The highest BCUT2D eigenvalue weighted by Crippen LogP contribution is 2.26. The molecule has 0 radical (unpaired) electrons.